The van der Waals surface area contributed by atoms with Crippen LogP contribution in [0.25, 0.3) is 10.2 Å². The van der Waals surface area contributed by atoms with Crippen LogP contribution in [-0.4, -0.2) is 21.5 Å². The molecule has 0 bridgehead atoms. The van der Waals surface area contributed by atoms with E-state index in [4.69, 9.17) is 0 Å². The first-order chi connectivity index (χ1) is 11.1. The molecule has 8 heteroatoms. The van der Waals surface area contributed by atoms with Gasteiger partial charge in [-0.2, -0.15) is 0 Å². The zero-order chi connectivity index (χ0) is 16.2. The van der Waals surface area contributed by atoms with Crippen molar-refractivity contribution in [3.05, 3.63) is 58.5 Å². The quantitative estimate of drug-likeness (QED) is 0.767. The number of carbonyl (C=O) groups excluding carboxylic acids is 2. The van der Waals surface area contributed by atoms with Gasteiger partial charge in [0.15, 0.2) is 0 Å². The molecule has 0 aliphatic rings. The van der Waals surface area contributed by atoms with E-state index in [0.717, 1.165) is 0 Å². The minimum absolute atomic E-state index is 0.276. The Morgan fingerprint density at radius 3 is 2.74 bits per heavy atom. The molecule has 0 aliphatic heterocycles. The Balaban J connectivity index is 1.65. The van der Waals surface area contributed by atoms with E-state index in [1.165, 1.54) is 22.2 Å². The van der Waals surface area contributed by atoms with Gasteiger partial charge in [-0.3, -0.25) is 19.5 Å². The number of carbonyl (C=O) groups is 2. The van der Waals surface area contributed by atoms with Crippen LogP contribution in [-0.2, 0) is 11.3 Å². The van der Waals surface area contributed by atoms with Crippen LogP contribution in [0.3, 0.4) is 0 Å². The van der Waals surface area contributed by atoms with E-state index < -0.39 is 11.9 Å². The molecule has 0 fully saturated rings. The topological polar surface area (TPSA) is 93.1 Å². The lowest BCUT2D eigenvalue weighted by Crippen LogP contribution is -2.38. The molecule has 0 atom stereocenters. The lowest BCUT2D eigenvalue weighted by atomic mass is 10.3. The van der Waals surface area contributed by atoms with Gasteiger partial charge in [-0.05, 0) is 23.6 Å². The first kappa shape index (κ1) is 14.9. The molecule has 23 heavy (non-hydrogen) atoms. The van der Waals surface area contributed by atoms with Crippen molar-refractivity contribution >= 4 is 39.2 Å². The number of para-hydroxylation sites is 1. The normalized spacial score (nSPS) is 10.4. The summed E-state index contributed by atoms with van der Waals surface area (Å²) in [4.78, 5) is 39.9. The standard InChI is InChI=1S/C15H12N4O3S/c20-12(18-15(22)17-10-4-2-1-3-5-10)8-19-9-16-11-6-7-23-13(11)14(19)21/h1-7,9H,8H2,(H2,17,18,20,22). The van der Waals surface area contributed by atoms with Gasteiger partial charge in [0.2, 0.25) is 5.91 Å². The third-order valence-electron chi connectivity index (χ3n) is 3.03. The van der Waals surface area contributed by atoms with Crippen LogP contribution in [0.2, 0.25) is 0 Å². The maximum absolute atomic E-state index is 12.2. The van der Waals surface area contributed by atoms with Crippen molar-refractivity contribution < 1.29 is 9.59 Å². The molecule has 7 nitrogen and oxygen atoms in total. The van der Waals surface area contributed by atoms with E-state index in [1.807, 2.05) is 6.07 Å². The highest BCUT2D eigenvalue weighted by Crippen LogP contribution is 2.12. The van der Waals surface area contributed by atoms with Crippen LogP contribution in [0.15, 0.2) is 52.9 Å². The molecule has 0 aliphatic carbocycles. The van der Waals surface area contributed by atoms with Gasteiger partial charge in [-0.15, -0.1) is 11.3 Å². The molecule has 1 aromatic carbocycles. The van der Waals surface area contributed by atoms with Gasteiger partial charge in [0.1, 0.15) is 11.2 Å². The zero-order valence-electron chi connectivity index (χ0n) is 11.9. The summed E-state index contributed by atoms with van der Waals surface area (Å²) in [6.07, 6.45) is 1.30. The first-order valence-corrected chi connectivity index (χ1v) is 7.60. The lowest BCUT2D eigenvalue weighted by Gasteiger charge is -2.07. The number of nitrogens with zero attached hydrogens (tertiary/aromatic N) is 2. The van der Waals surface area contributed by atoms with Crippen molar-refractivity contribution in [2.45, 2.75) is 6.54 Å². The molecular weight excluding hydrogens is 316 g/mol. The number of amides is 3. The third kappa shape index (κ3) is 3.43. The molecule has 0 radical (unpaired) electrons. The summed E-state index contributed by atoms with van der Waals surface area (Å²) in [6, 6.07) is 9.82. The monoisotopic (exact) mass is 328 g/mol. The fourth-order valence-corrected chi connectivity index (χ4v) is 2.79. The third-order valence-corrected chi connectivity index (χ3v) is 3.93. The smallest absolute Gasteiger partial charge is 0.308 e. The average molecular weight is 328 g/mol. The molecule has 3 amide bonds. The van der Waals surface area contributed by atoms with Crippen LogP contribution in [0.5, 0.6) is 0 Å². The predicted molar refractivity (Wildman–Crippen MR) is 87.5 cm³/mol. The average Bonchev–Trinajstić information content (AvgIpc) is 3.00. The maximum atomic E-state index is 12.2. The van der Waals surface area contributed by atoms with Crippen molar-refractivity contribution in [2.24, 2.45) is 0 Å². The molecule has 0 saturated heterocycles. The summed E-state index contributed by atoms with van der Waals surface area (Å²) in [6.45, 7) is -0.276. The second kappa shape index (κ2) is 6.41. The fourth-order valence-electron chi connectivity index (χ4n) is 2.00. The molecule has 3 rings (SSSR count). The summed E-state index contributed by atoms with van der Waals surface area (Å²) in [7, 11) is 0. The van der Waals surface area contributed by atoms with Crippen LogP contribution in [0, 0.1) is 0 Å². The van der Waals surface area contributed by atoms with Crippen molar-refractivity contribution in [2.75, 3.05) is 5.32 Å². The molecule has 2 heterocycles. The first-order valence-electron chi connectivity index (χ1n) is 6.72. The van der Waals surface area contributed by atoms with Gasteiger partial charge >= 0.3 is 6.03 Å². The molecule has 0 spiro atoms. The molecule has 3 aromatic rings. The predicted octanol–water partition coefficient (Wildman–Crippen LogP) is 1.81. The minimum Gasteiger partial charge on any atom is -0.308 e. The number of rotatable bonds is 3. The summed E-state index contributed by atoms with van der Waals surface area (Å²) in [5.41, 5.74) is 0.860. The van der Waals surface area contributed by atoms with E-state index in [0.29, 0.717) is 15.9 Å². The van der Waals surface area contributed by atoms with Crippen LogP contribution >= 0.6 is 11.3 Å². The van der Waals surface area contributed by atoms with Crippen molar-refractivity contribution in [1.29, 1.82) is 0 Å². The molecule has 2 N–H and O–H groups in total. The van der Waals surface area contributed by atoms with Gasteiger partial charge in [0, 0.05) is 5.69 Å². The van der Waals surface area contributed by atoms with E-state index in [2.05, 4.69) is 15.6 Å². The van der Waals surface area contributed by atoms with Gasteiger partial charge in [-0.25, -0.2) is 9.78 Å². The van der Waals surface area contributed by atoms with Crippen LogP contribution in [0.1, 0.15) is 0 Å². The minimum atomic E-state index is -0.653. The second-order valence-electron chi connectivity index (χ2n) is 4.68. The van der Waals surface area contributed by atoms with Gasteiger partial charge < -0.3 is 5.32 Å². The Hall–Kier alpha value is -3.00. The number of hydrogen-bond donors (Lipinski definition) is 2. The van der Waals surface area contributed by atoms with Crippen molar-refractivity contribution in [3.8, 4) is 0 Å². The van der Waals surface area contributed by atoms with Gasteiger partial charge in [-0.1, -0.05) is 18.2 Å². The van der Waals surface area contributed by atoms with E-state index >= 15 is 0 Å². The highest BCUT2D eigenvalue weighted by atomic mass is 32.1. The largest absolute Gasteiger partial charge is 0.325 e. The Kier molecular flexibility index (Phi) is 4.15. The number of hydrogen-bond acceptors (Lipinski definition) is 5. The number of thiophene rings is 1. The fraction of sp³-hybridized carbons (Fsp3) is 0.0667. The Morgan fingerprint density at radius 2 is 1.96 bits per heavy atom. The lowest BCUT2D eigenvalue weighted by molar-refractivity contribution is -0.120. The summed E-state index contributed by atoms with van der Waals surface area (Å²) in [5.74, 6) is -0.599. The molecule has 2 aromatic heterocycles. The number of urea groups is 1. The summed E-state index contributed by atoms with van der Waals surface area (Å²) in [5, 5.41) is 6.46. The molecule has 0 saturated carbocycles. The van der Waals surface area contributed by atoms with Crippen LogP contribution in [0.4, 0.5) is 10.5 Å². The molecular formula is C15H12N4O3S. The number of nitrogens with one attached hydrogen (secondary N) is 2. The van der Waals surface area contributed by atoms with Gasteiger partial charge in [0.25, 0.3) is 5.56 Å². The number of imide groups is 1. The van der Waals surface area contributed by atoms with E-state index in [1.54, 1.807) is 35.7 Å². The highest BCUT2D eigenvalue weighted by molar-refractivity contribution is 7.17. The Bertz CT molecular complexity index is 917. The van der Waals surface area contributed by atoms with Crippen molar-refractivity contribution in [3.63, 3.8) is 0 Å². The number of aromatic nitrogens is 2. The SMILES string of the molecule is O=C(Cn1cnc2ccsc2c1=O)NC(=O)Nc1ccccc1. The summed E-state index contributed by atoms with van der Waals surface area (Å²) >= 11 is 1.26. The Morgan fingerprint density at radius 1 is 1.17 bits per heavy atom. The van der Waals surface area contributed by atoms with E-state index in [-0.39, 0.29) is 12.1 Å². The summed E-state index contributed by atoms with van der Waals surface area (Å²) < 4.78 is 1.65. The van der Waals surface area contributed by atoms with Crippen LogP contribution < -0.4 is 16.2 Å². The maximum Gasteiger partial charge on any atom is 0.325 e. The van der Waals surface area contributed by atoms with E-state index in [9.17, 15) is 14.4 Å². The molecule has 116 valence electrons. The molecule has 0 unspecified atom stereocenters. The van der Waals surface area contributed by atoms with Crippen molar-refractivity contribution in [1.82, 2.24) is 14.9 Å². The highest BCUT2D eigenvalue weighted by Gasteiger charge is 2.11. The number of fused-ring (bicyclic) bond motifs is 1. The zero-order valence-corrected chi connectivity index (χ0v) is 12.7. The number of anilines is 1. The van der Waals surface area contributed by atoms with Gasteiger partial charge in [0.05, 0.1) is 11.8 Å². The second-order valence-corrected chi connectivity index (χ2v) is 5.60. The Labute approximate surface area is 134 Å². The number of benzene rings is 1.